The van der Waals surface area contributed by atoms with E-state index in [0.717, 1.165) is 12.2 Å². The molecule has 72 valence electrons. The maximum atomic E-state index is 5.61. The molecule has 0 aliphatic rings. The first-order valence-electron chi connectivity index (χ1n) is 4.48. The van der Waals surface area contributed by atoms with Crippen LogP contribution in [0.5, 0.6) is 0 Å². The van der Waals surface area contributed by atoms with Crippen LogP contribution in [0.4, 0.5) is 5.69 Å². The molecule has 3 nitrogen and oxygen atoms in total. The highest BCUT2D eigenvalue weighted by molar-refractivity contribution is 5.39. The summed E-state index contributed by atoms with van der Waals surface area (Å²) in [4.78, 5) is 4.02. The summed E-state index contributed by atoms with van der Waals surface area (Å²) in [5.74, 6) is 0. The molecule has 0 amide bonds. The third-order valence-corrected chi connectivity index (χ3v) is 1.99. The van der Waals surface area contributed by atoms with E-state index in [-0.39, 0.29) is 5.41 Å². The maximum Gasteiger partial charge on any atom is 0.0526 e. The summed E-state index contributed by atoms with van der Waals surface area (Å²) in [6.45, 7) is 5.82. The second-order valence-corrected chi connectivity index (χ2v) is 3.96. The molecule has 0 atom stereocenters. The predicted molar refractivity (Wildman–Crippen MR) is 55.6 cm³/mol. The number of aromatic nitrogens is 1. The van der Waals surface area contributed by atoms with Crippen LogP contribution in [0.2, 0.25) is 0 Å². The van der Waals surface area contributed by atoms with Crippen LogP contribution in [-0.4, -0.2) is 18.1 Å². The lowest BCUT2D eigenvalue weighted by atomic mass is 9.94. The Kier molecular flexibility index (Phi) is 3.25. The summed E-state index contributed by atoms with van der Waals surface area (Å²) in [6, 6.07) is 3.91. The van der Waals surface area contributed by atoms with Crippen LogP contribution in [0.1, 0.15) is 13.8 Å². The fourth-order valence-corrected chi connectivity index (χ4v) is 0.881. The van der Waals surface area contributed by atoms with Gasteiger partial charge in [-0.05, 0) is 24.1 Å². The molecule has 1 aromatic rings. The van der Waals surface area contributed by atoms with E-state index < -0.39 is 0 Å². The molecule has 0 aromatic carbocycles. The molecule has 0 saturated carbocycles. The Balaban J connectivity index is 2.44. The highest BCUT2D eigenvalue weighted by Gasteiger charge is 2.14. The van der Waals surface area contributed by atoms with Gasteiger partial charge in [0.15, 0.2) is 0 Å². The number of rotatable bonds is 4. The first-order valence-corrected chi connectivity index (χ1v) is 4.48. The van der Waals surface area contributed by atoms with Gasteiger partial charge in [0.2, 0.25) is 0 Å². The van der Waals surface area contributed by atoms with Crippen molar-refractivity contribution in [1.82, 2.24) is 4.98 Å². The van der Waals surface area contributed by atoms with Gasteiger partial charge in [-0.25, -0.2) is 0 Å². The van der Waals surface area contributed by atoms with Crippen LogP contribution in [0.15, 0.2) is 24.5 Å². The average Bonchev–Trinajstić information content (AvgIpc) is 2.17. The van der Waals surface area contributed by atoms with E-state index in [1.165, 1.54) is 0 Å². The Morgan fingerprint density at radius 3 is 2.85 bits per heavy atom. The van der Waals surface area contributed by atoms with Crippen LogP contribution in [0.3, 0.4) is 0 Å². The maximum absolute atomic E-state index is 5.61. The van der Waals surface area contributed by atoms with Crippen molar-refractivity contribution >= 4 is 5.69 Å². The largest absolute Gasteiger partial charge is 0.383 e. The van der Waals surface area contributed by atoms with Crippen LogP contribution >= 0.6 is 0 Å². The van der Waals surface area contributed by atoms with Crippen molar-refractivity contribution in [1.29, 1.82) is 0 Å². The Hall–Kier alpha value is -1.09. The van der Waals surface area contributed by atoms with Crippen LogP contribution < -0.4 is 11.1 Å². The van der Waals surface area contributed by atoms with E-state index in [1.807, 2.05) is 18.3 Å². The Bertz CT molecular complexity index is 244. The number of anilines is 1. The van der Waals surface area contributed by atoms with E-state index in [0.29, 0.717) is 6.54 Å². The molecule has 13 heavy (non-hydrogen) atoms. The van der Waals surface area contributed by atoms with Gasteiger partial charge in [0.05, 0.1) is 5.69 Å². The number of pyridine rings is 1. The minimum Gasteiger partial charge on any atom is -0.383 e. The van der Waals surface area contributed by atoms with Crippen LogP contribution in [-0.2, 0) is 0 Å². The van der Waals surface area contributed by atoms with E-state index in [1.54, 1.807) is 6.20 Å². The van der Waals surface area contributed by atoms with Crippen molar-refractivity contribution in [2.45, 2.75) is 13.8 Å². The molecule has 3 heteroatoms. The quantitative estimate of drug-likeness (QED) is 0.736. The lowest BCUT2D eigenvalue weighted by Gasteiger charge is -2.23. The summed E-state index contributed by atoms with van der Waals surface area (Å²) in [6.07, 6.45) is 3.58. The van der Waals surface area contributed by atoms with Crippen molar-refractivity contribution in [3.05, 3.63) is 24.5 Å². The van der Waals surface area contributed by atoms with Crippen LogP contribution in [0.25, 0.3) is 0 Å². The third kappa shape index (κ3) is 3.42. The Morgan fingerprint density at radius 2 is 2.31 bits per heavy atom. The summed E-state index contributed by atoms with van der Waals surface area (Å²) in [7, 11) is 0. The fraction of sp³-hybridized carbons (Fsp3) is 0.500. The van der Waals surface area contributed by atoms with Crippen LogP contribution in [0, 0.1) is 5.41 Å². The number of hydrogen-bond donors (Lipinski definition) is 2. The molecule has 0 unspecified atom stereocenters. The topological polar surface area (TPSA) is 50.9 Å². The van der Waals surface area contributed by atoms with Gasteiger partial charge in [0.1, 0.15) is 0 Å². The average molecular weight is 179 g/mol. The number of hydrogen-bond acceptors (Lipinski definition) is 3. The molecule has 1 rings (SSSR count). The highest BCUT2D eigenvalue weighted by Crippen LogP contribution is 2.13. The molecule has 3 N–H and O–H groups in total. The molecule has 0 saturated heterocycles. The van der Waals surface area contributed by atoms with E-state index >= 15 is 0 Å². The number of nitrogens with two attached hydrogens (primary N) is 1. The molecule has 0 aliphatic carbocycles. The minimum atomic E-state index is 0.135. The van der Waals surface area contributed by atoms with Gasteiger partial charge < -0.3 is 11.1 Å². The molecular weight excluding hydrogens is 162 g/mol. The zero-order chi connectivity index (χ0) is 9.73. The van der Waals surface area contributed by atoms with Gasteiger partial charge in [-0.2, -0.15) is 0 Å². The molecule has 0 spiro atoms. The Labute approximate surface area is 79.4 Å². The predicted octanol–water partition coefficient (Wildman–Crippen LogP) is 1.48. The normalized spacial score (nSPS) is 11.3. The number of nitrogens with zero attached hydrogens (tertiary/aromatic N) is 1. The molecule has 0 radical (unpaired) electrons. The summed E-state index contributed by atoms with van der Waals surface area (Å²) in [5.41, 5.74) is 6.79. The zero-order valence-electron chi connectivity index (χ0n) is 8.25. The van der Waals surface area contributed by atoms with Gasteiger partial charge in [0.25, 0.3) is 0 Å². The highest BCUT2D eigenvalue weighted by atomic mass is 14.9. The smallest absolute Gasteiger partial charge is 0.0526 e. The number of nitrogens with one attached hydrogen (secondary N) is 1. The lowest BCUT2D eigenvalue weighted by molar-refractivity contribution is 0.405. The first-order chi connectivity index (χ1) is 6.14. The van der Waals surface area contributed by atoms with Crippen molar-refractivity contribution in [2.24, 2.45) is 11.1 Å². The lowest BCUT2D eigenvalue weighted by Crippen LogP contribution is -2.31. The third-order valence-electron chi connectivity index (χ3n) is 1.99. The second-order valence-electron chi connectivity index (χ2n) is 3.96. The first kappa shape index (κ1) is 9.99. The minimum absolute atomic E-state index is 0.135. The van der Waals surface area contributed by atoms with Crippen molar-refractivity contribution in [3.8, 4) is 0 Å². The zero-order valence-corrected chi connectivity index (χ0v) is 8.25. The second kappa shape index (κ2) is 4.23. The summed E-state index contributed by atoms with van der Waals surface area (Å²) < 4.78 is 0. The van der Waals surface area contributed by atoms with Gasteiger partial charge in [-0.3, -0.25) is 4.98 Å². The molecule has 0 fully saturated rings. The van der Waals surface area contributed by atoms with E-state index in [4.69, 9.17) is 5.73 Å². The fourth-order valence-electron chi connectivity index (χ4n) is 0.881. The molecule has 1 aromatic heterocycles. The van der Waals surface area contributed by atoms with Crippen molar-refractivity contribution < 1.29 is 0 Å². The summed E-state index contributed by atoms with van der Waals surface area (Å²) in [5, 5.41) is 3.29. The van der Waals surface area contributed by atoms with E-state index in [9.17, 15) is 0 Å². The molecule has 0 aliphatic heterocycles. The molecular formula is C10H17N3. The van der Waals surface area contributed by atoms with Crippen molar-refractivity contribution in [3.63, 3.8) is 0 Å². The van der Waals surface area contributed by atoms with Crippen molar-refractivity contribution in [2.75, 3.05) is 18.4 Å². The Morgan fingerprint density at radius 1 is 1.54 bits per heavy atom. The van der Waals surface area contributed by atoms with E-state index in [2.05, 4.69) is 24.1 Å². The van der Waals surface area contributed by atoms with Gasteiger partial charge in [-0.15, -0.1) is 0 Å². The monoisotopic (exact) mass is 179 g/mol. The van der Waals surface area contributed by atoms with Gasteiger partial charge in [-0.1, -0.05) is 13.8 Å². The molecule has 1 heterocycles. The molecule has 0 bridgehead atoms. The standard InChI is InChI=1S/C10H17N3/c1-10(2,7-11)8-13-9-4-3-5-12-6-9/h3-6,13H,7-8,11H2,1-2H3. The SMILES string of the molecule is CC(C)(CN)CNc1cccnc1. The van der Waals surface area contributed by atoms with Gasteiger partial charge >= 0.3 is 0 Å². The van der Waals surface area contributed by atoms with Gasteiger partial charge in [0, 0.05) is 18.9 Å². The summed E-state index contributed by atoms with van der Waals surface area (Å²) >= 11 is 0.